The first-order valence-electron chi connectivity index (χ1n) is 6.96. The number of hydrogen-bond donors (Lipinski definition) is 1. The van der Waals surface area contributed by atoms with Crippen LogP contribution in [0.1, 0.15) is 34.8 Å². The lowest BCUT2D eigenvalue weighted by molar-refractivity contribution is 0.0594. The average molecular weight is 355 g/mol. The Morgan fingerprint density at radius 1 is 1.39 bits per heavy atom. The number of hydrogen-bond acceptors (Lipinski definition) is 4. The Bertz CT molecular complexity index is 807. The van der Waals surface area contributed by atoms with Crippen molar-refractivity contribution in [3.8, 4) is 11.3 Å². The van der Waals surface area contributed by atoms with E-state index < -0.39 is 11.8 Å². The maximum Gasteiger partial charge on any atom is 0.358 e. The number of carbonyl (C=O) groups excluding carboxylic acids is 1. The minimum absolute atomic E-state index is 0.0163. The summed E-state index contributed by atoms with van der Waals surface area (Å²) in [6.45, 7) is 0. The van der Waals surface area contributed by atoms with Crippen LogP contribution in [0.25, 0.3) is 11.3 Å². The number of methoxy groups -OCH3 is 1. The molecule has 120 valence electrons. The van der Waals surface area contributed by atoms with Crippen molar-refractivity contribution in [2.75, 3.05) is 12.8 Å². The monoisotopic (exact) mass is 354 g/mol. The molecular weight excluding hydrogens is 342 g/mol. The summed E-state index contributed by atoms with van der Waals surface area (Å²) < 4.78 is 19.5. The molecule has 23 heavy (non-hydrogen) atoms. The zero-order valence-electron chi connectivity index (χ0n) is 12.2. The molecule has 0 bridgehead atoms. The maximum absolute atomic E-state index is 14.8. The van der Waals surface area contributed by atoms with Gasteiger partial charge in [0.05, 0.1) is 23.5 Å². The molecule has 1 saturated carbocycles. The van der Waals surface area contributed by atoms with Crippen LogP contribution in [-0.2, 0) is 4.74 Å². The van der Waals surface area contributed by atoms with Crippen molar-refractivity contribution in [1.82, 2.24) is 4.98 Å². The summed E-state index contributed by atoms with van der Waals surface area (Å²) in [5, 5.41) is 0.376. The molecule has 1 aromatic carbocycles. The minimum atomic E-state index is -0.736. The molecule has 0 saturated heterocycles. The Morgan fingerprint density at radius 3 is 2.70 bits per heavy atom. The van der Waals surface area contributed by atoms with E-state index in [1.165, 1.54) is 19.2 Å². The predicted molar refractivity (Wildman–Crippen MR) is 87.4 cm³/mol. The Hall–Kier alpha value is -1.85. The Morgan fingerprint density at radius 2 is 2.09 bits per heavy atom. The fourth-order valence-electron chi connectivity index (χ4n) is 2.43. The number of anilines is 1. The van der Waals surface area contributed by atoms with Crippen LogP contribution in [0, 0.1) is 5.82 Å². The molecule has 0 amide bonds. The van der Waals surface area contributed by atoms with Crippen LogP contribution >= 0.6 is 23.2 Å². The van der Waals surface area contributed by atoms with Crippen molar-refractivity contribution in [2.45, 2.75) is 18.8 Å². The van der Waals surface area contributed by atoms with E-state index in [0.29, 0.717) is 10.6 Å². The molecule has 1 aliphatic carbocycles. The standard InChI is InChI=1S/C16H13Cl2FN2O2/c1-23-16(22)15-13(18)10(20)6-11(21-15)8-4-5-9(17)12(14(8)19)7-2-3-7/h4-7H,2-3H2,1H3,(H2,20,21). The predicted octanol–water partition coefficient (Wildman–Crippen LogP) is 4.44. The average Bonchev–Trinajstić information content (AvgIpc) is 3.34. The number of carbonyl (C=O) groups is 1. The Balaban J connectivity index is 2.18. The second-order valence-corrected chi connectivity index (χ2v) is 6.13. The van der Waals surface area contributed by atoms with Crippen molar-refractivity contribution in [2.24, 2.45) is 0 Å². The maximum atomic E-state index is 14.8. The molecule has 3 rings (SSSR count). The quantitative estimate of drug-likeness (QED) is 0.827. The topological polar surface area (TPSA) is 65.2 Å². The third-order valence-corrected chi connectivity index (χ3v) is 4.48. The van der Waals surface area contributed by atoms with Crippen LogP contribution in [0.3, 0.4) is 0 Å². The first kappa shape index (κ1) is 16.0. The van der Waals surface area contributed by atoms with Gasteiger partial charge in [0, 0.05) is 16.1 Å². The third-order valence-electron chi connectivity index (χ3n) is 3.75. The van der Waals surface area contributed by atoms with E-state index in [0.717, 1.165) is 12.8 Å². The number of benzene rings is 1. The number of aromatic nitrogens is 1. The molecule has 1 aromatic heterocycles. The van der Waals surface area contributed by atoms with Gasteiger partial charge >= 0.3 is 5.97 Å². The van der Waals surface area contributed by atoms with Crippen molar-refractivity contribution < 1.29 is 13.9 Å². The zero-order chi connectivity index (χ0) is 16.7. The lowest BCUT2D eigenvalue weighted by Gasteiger charge is -2.12. The van der Waals surface area contributed by atoms with Crippen LogP contribution in [0.2, 0.25) is 10.0 Å². The Kier molecular flexibility index (Phi) is 4.17. The van der Waals surface area contributed by atoms with Gasteiger partial charge in [-0.1, -0.05) is 23.2 Å². The van der Waals surface area contributed by atoms with Crippen LogP contribution in [-0.4, -0.2) is 18.1 Å². The lowest BCUT2D eigenvalue weighted by atomic mass is 10.0. The molecule has 1 fully saturated rings. The van der Waals surface area contributed by atoms with E-state index in [9.17, 15) is 9.18 Å². The summed E-state index contributed by atoms with van der Waals surface area (Å²) in [4.78, 5) is 15.9. The third kappa shape index (κ3) is 2.86. The van der Waals surface area contributed by atoms with E-state index >= 15 is 0 Å². The van der Waals surface area contributed by atoms with Crippen LogP contribution in [0.15, 0.2) is 18.2 Å². The van der Waals surface area contributed by atoms with Crippen LogP contribution in [0.5, 0.6) is 0 Å². The molecule has 1 aliphatic rings. The fraction of sp³-hybridized carbons (Fsp3) is 0.250. The number of nitrogens with two attached hydrogens (primary N) is 1. The summed E-state index contributed by atoms with van der Waals surface area (Å²) in [5.74, 6) is -1.04. The first-order valence-corrected chi connectivity index (χ1v) is 7.72. The van der Waals surface area contributed by atoms with Gasteiger partial charge in [-0.2, -0.15) is 0 Å². The second-order valence-electron chi connectivity index (χ2n) is 5.35. The van der Waals surface area contributed by atoms with Crippen molar-refractivity contribution >= 4 is 34.9 Å². The summed E-state index contributed by atoms with van der Waals surface area (Å²) >= 11 is 12.1. The van der Waals surface area contributed by atoms with Crippen molar-refractivity contribution in [3.05, 3.63) is 45.3 Å². The van der Waals surface area contributed by atoms with E-state index in [1.54, 1.807) is 6.07 Å². The molecule has 4 nitrogen and oxygen atoms in total. The molecule has 1 heterocycles. The van der Waals surface area contributed by atoms with Crippen LogP contribution in [0.4, 0.5) is 10.1 Å². The SMILES string of the molecule is COC(=O)c1nc(-c2ccc(Cl)c(C3CC3)c2F)cc(N)c1Cl. The van der Waals surface area contributed by atoms with Gasteiger partial charge in [0.25, 0.3) is 0 Å². The van der Waals surface area contributed by atoms with Crippen LogP contribution < -0.4 is 5.73 Å². The van der Waals surface area contributed by atoms with Gasteiger partial charge in [0.1, 0.15) is 5.82 Å². The van der Waals surface area contributed by atoms with Crippen molar-refractivity contribution in [1.29, 1.82) is 0 Å². The van der Waals surface area contributed by atoms with E-state index in [4.69, 9.17) is 28.9 Å². The highest BCUT2D eigenvalue weighted by atomic mass is 35.5. The van der Waals surface area contributed by atoms with Gasteiger partial charge < -0.3 is 10.5 Å². The molecule has 7 heteroatoms. The van der Waals surface area contributed by atoms with Gasteiger partial charge in [-0.15, -0.1) is 0 Å². The number of nitrogens with zero attached hydrogens (tertiary/aromatic N) is 1. The van der Waals surface area contributed by atoms with E-state index in [-0.39, 0.29) is 33.6 Å². The zero-order valence-corrected chi connectivity index (χ0v) is 13.7. The minimum Gasteiger partial charge on any atom is -0.464 e. The lowest BCUT2D eigenvalue weighted by Crippen LogP contribution is -2.08. The number of esters is 1. The Labute approximate surface area is 142 Å². The summed E-state index contributed by atoms with van der Waals surface area (Å²) in [6, 6.07) is 4.57. The van der Waals surface area contributed by atoms with Gasteiger partial charge in [0.15, 0.2) is 5.69 Å². The normalized spacial score (nSPS) is 13.9. The molecule has 0 spiro atoms. The molecule has 2 aromatic rings. The molecule has 2 N–H and O–H groups in total. The molecule has 0 radical (unpaired) electrons. The highest BCUT2D eigenvalue weighted by molar-refractivity contribution is 6.35. The molecular formula is C16H13Cl2FN2O2. The molecule has 0 atom stereocenters. The largest absolute Gasteiger partial charge is 0.464 e. The van der Waals surface area contributed by atoms with Gasteiger partial charge in [0.2, 0.25) is 0 Å². The molecule has 0 aliphatic heterocycles. The first-order chi connectivity index (χ1) is 10.9. The number of pyridine rings is 1. The number of halogens is 3. The number of nitrogen functional groups attached to an aromatic ring is 1. The number of rotatable bonds is 3. The second kappa shape index (κ2) is 5.98. The molecule has 0 unspecified atom stereocenters. The smallest absolute Gasteiger partial charge is 0.358 e. The van der Waals surface area contributed by atoms with Crippen molar-refractivity contribution in [3.63, 3.8) is 0 Å². The summed E-state index contributed by atoms with van der Waals surface area (Å²) in [7, 11) is 1.21. The summed E-state index contributed by atoms with van der Waals surface area (Å²) in [5.41, 5.74) is 6.71. The van der Waals surface area contributed by atoms with Gasteiger partial charge in [-0.25, -0.2) is 14.2 Å². The van der Waals surface area contributed by atoms with E-state index in [1.807, 2.05) is 0 Å². The fourth-order valence-corrected chi connectivity index (χ4v) is 2.91. The summed E-state index contributed by atoms with van der Waals surface area (Å²) in [6.07, 6.45) is 1.81. The van der Waals surface area contributed by atoms with Gasteiger partial charge in [-0.3, -0.25) is 0 Å². The highest BCUT2D eigenvalue weighted by Crippen LogP contribution is 2.46. The highest BCUT2D eigenvalue weighted by Gasteiger charge is 2.30. The van der Waals surface area contributed by atoms with Gasteiger partial charge in [-0.05, 0) is 37.0 Å². The van der Waals surface area contributed by atoms with E-state index in [2.05, 4.69) is 9.72 Å². The number of ether oxygens (including phenoxy) is 1.